The van der Waals surface area contributed by atoms with E-state index in [-0.39, 0.29) is 24.9 Å². The van der Waals surface area contributed by atoms with Crippen LogP contribution in [0.1, 0.15) is 23.1 Å². The lowest BCUT2D eigenvalue weighted by Crippen LogP contribution is -2.41. The Labute approximate surface area is 197 Å². The largest absolute Gasteiger partial charge is 0.346 e. The zero-order valence-electron chi connectivity index (χ0n) is 18.2. The summed E-state index contributed by atoms with van der Waals surface area (Å²) in [6.45, 7) is 6.48. The van der Waals surface area contributed by atoms with Gasteiger partial charge in [-0.05, 0) is 67.9 Å². The zero-order chi connectivity index (χ0) is 22.9. The lowest BCUT2D eigenvalue weighted by molar-refractivity contribution is -0.125. The normalized spacial score (nSPS) is 14.9. The fraction of sp³-hybridized carbons (Fsp3) is 0.375. The maximum Gasteiger partial charge on any atom is 0.243 e. The fourth-order valence-electron chi connectivity index (χ4n) is 3.68. The lowest BCUT2D eigenvalue weighted by atomic mass is 10.1. The number of nitriles is 1. The molecule has 0 radical (unpaired) electrons. The standard InChI is InChI=1S/C24H28BrN5O2/c1-18-13-21(25)7-8-22(18)28-23(31)15-27-24(32)17-30-10-2-9-29(11-12-30)16-20-5-3-19(14-26)4-6-20/h3-8,13H,2,9-12,15-17H2,1H3,(H,27,32)(H,28,31). The van der Waals surface area contributed by atoms with Crippen LogP contribution in [0.5, 0.6) is 0 Å². The van der Waals surface area contributed by atoms with Crippen molar-refractivity contribution in [1.29, 1.82) is 5.26 Å². The predicted octanol–water partition coefficient (Wildman–Crippen LogP) is 2.89. The van der Waals surface area contributed by atoms with Gasteiger partial charge in [0.25, 0.3) is 0 Å². The number of hydrogen-bond acceptors (Lipinski definition) is 5. The Morgan fingerprint density at radius 3 is 2.47 bits per heavy atom. The molecule has 2 N–H and O–H groups in total. The molecule has 0 spiro atoms. The molecule has 1 aliphatic heterocycles. The second-order valence-electron chi connectivity index (χ2n) is 8.00. The number of aryl methyl sites for hydroxylation is 1. The number of benzene rings is 2. The minimum absolute atomic E-state index is 0.0486. The molecule has 0 aromatic heterocycles. The Balaban J connectivity index is 1.39. The highest BCUT2D eigenvalue weighted by molar-refractivity contribution is 9.10. The third kappa shape index (κ3) is 7.45. The molecule has 2 aromatic carbocycles. The summed E-state index contributed by atoms with van der Waals surface area (Å²) in [6.07, 6.45) is 0.979. The number of nitrogens with zero attached hydrogens (tertiary/aromatic N) is 3. The van der Waals surface area contributed by atoms with Crippen LogP contribution in [0.3, 0.4) is 0 Å². The molecule has 8 heteroatoms. The van der Waals surface area contributed by atoms with E-state index in [9.17, 15) is 9.59 Å². The van der Waals surface area contributed by atoms with E-state index < -0.39 is 0 Å². The highest BCUT2D eigenvalue weighted by Crippen LogP contribution is 2.19. The van der Waals surface area contributed by atoms with Gasteiger partial charge in [0, 0.05) is 29.8 Å². The van der Waals surface area contributed by atoms with E-state index in [0.29, 0.717) is 5.56 Å². The van der Waals surface area contributed by atoms with Gasteiger partial charge in [0.05, 0.1) is 24.7 Å². The first-order chi connectivity index (χ1) is 15.4. The van der Waals surface area contributed by atoms with E-state index in [0.717, 1.165) is 54.9 Å². The number of anilines is 1. The van der Waals surface area contributed by atoms with Crippen LogP contribution in [-0.2, 0) is 16.1 Å². The molecule has 2 amide bonds. The molecule has 1 heterocycles. The van der Waals surface area contributed by atoms with Crippen molar-refractivity contribution >= 4 is 33.4 Å². The van der Waals surface area contributed by atoms with Crippen molar-refractivity contribution in [1.82, 2.24) is 15.1 Å². The minimum atomic E-state index is -0.242. The van der Waals surface area contributed by atoms with Crippen molar-refractivity contribution in [2.45, 2.75) is 19.9 Å². The zero-order valence-corrected chi connectivity index (χ0v) is 19.8. The van der Waals surface area contributed by atoms with Crippen molar-refractivity contribution in [3.05, 3.63) is 63.6 Å². The molecule has 0 saturated carbocycles. The van der Waals surface area contributed by atoms with Gasteiger partial charge in [-0.2, -0.15) is 5.26 Å². The highest BCUT2D eigenvalue weighted by atomic mass is 79.9. The molecule has 2 aromatic rings. The first-order valence-electron chi connectivity index (χ1n) is 10.7. The Morgan fingerprint density at radius 1 is 1.03 bits per heavy atom. The first-order valence-corrected chi connectivity index (χ1v) is 11.5. The van der Waals surface area contributed by atoms with Gasteiger partial charge in [0.2, 0.25) is 11.8 Å². The van der Waals surface area contributed by atoms with Gasteiger partial charge in [-0.3, -0.25) is 19.4 Å². The average molecular weight is 498 g/mol. The molecule has 0 bridgehead atoms. The number of rotatable bonds is 7. The summed E-state index contributed by atoms with van der Waals surface area (Å²) < 4.78 is 0.953. The summed E-state index contributed by atoms with van der Waals surface area (Å²) in [6, 6.07) is 15.5. The van der Waals surface area contributed by atoms with Crippen LogP contribution >= 0.6 is 15.9 Å². The number of nitrogens with one attached hydrogen (secondary N) is 2. The number of amides is 2. The summed E-state index contributed by atoms with van der Waals surface area (Å²) in [7, 11) is 0. The molecule has 1 saturated heterocycles. The first kappa shape index (κ1) is 23.9. The Kier molecular flexibility index (Phi) is 8.80. The SMILES string of the molecule is Cc1cc(Br)ccc1NC(=O)CNC(=O)CN1CCCN(Cc2ccc(C#N)cc2)CC1. The van der Waals surface area contributed by atoms with Crippen molar-refractivity contribution in [2.75, 3.05) is 44.6 Å². The van der Waals surface area contributed by atoms with E-state index in [1.807, 2.05) is 49.4 Å². The van der Waals surface area contributed by atoms with Crippen molar-refractivity contribution < 1.29 is 9.59 Å². The van der Waals surface area contributed by atoms with E-state index in [1.54, 1.807) is 0 Å². The summed E-state index contributed by atoms with van der Waals surface area (Å²) >= 11 is 3.40. The van der Waals surface area contributed by atoms with Gasteiger partial charge >= 0.3 is 0 Å². The van der Waals surface area contributed by atoms with E-state index in [2.05, 4.69) is 42.4 Å². The highest BCUT2D eigenvalue weighted by Gasteiger charge is 2.18. The molecule has 3 rings (SSSR count). The third-order valence-corrected chi connectivity index (χ3v) is 5.94. The minimum Gasteiger partial charge on any atom is -0.346 e. The summed E-state index contributed by atoms with van der Waals surface area (Å²) in [5, 5.41) is 14.5. The predicted molar refractivity (Wildman–Crippen MR) is 128 cm³/mol. The molecule has 0 atom stereocenters. The summed E-state index contributed by atoms with van der Waals surface area (Å²) in [4.78, 5) is 29.0. The van der Waals surface area contributed by atoms with Gasteiger partial charge in [-0.1, -0.05) is 28.1 Å². The van der Waals surface area contributed by atoms with E-state index in [1.165, 1.54) is 5.56 Å². The quantitative estimate of drug-likeness (QED) is 0.613. The van der Waals surface area contributed by atoms with Gasteiger partial charge in [-0.15, -0.1) is 0 Å². The number of carbonyl (C=O) groups is 2. The van der Waals surface area contributed by atoms with Crippen LogP contribution < -0.4 is 10.6 Å². The Morgan fingerprint density at radius 2 is 1.75 bits per heavy atom. The lowest BCUT2D eigenvalue weighted by Gasteiger charge is -2.21. The molecule has 7 nitrogen and oxygen atoms in total. The summed E-state index contributed by atoms with van der Waals surface area (Å²) in [5.74, 6) is -0.388. The molecule has 32 heavy (non-hydrogen) atoms. The molecule has 1 fully saturated rings. The van der Waals surface area contributed by atoms with Crippen molar-refractivity contribution in [3.8, 4) is 6.07 Å². The van der Waals surface area contributed by atoms with Crippen LogP contribution in [0.25, 0.3) is 0 Å². The van der Waals surface area contributed by atoms with Gasteiger partial charge in [0.15, 0.2) is 0 Å². The van der Waals surface area contributed by atoms with Crippen LogP contribution in [0.15, 0.2) is 46.9 Å². The number of halogens is 1. The topological polar surface area (TPSA) is 88.5 Å². The molecule has 1 aliphatic rings. The molecule has 168 valence electrons. The van der Waals surface area contributed by atoms with E-state index >= 15 is 0 Å². The van der Waals surface area contributed by atoms with Crippen LogP contribution in [0.2, 0.25) is 0 Å². The van der Waals surface area contributed by atoms with Crippen LogP contribution in [0.4, 0.5) is 5.69 Å². The second-order valence-corrected chi connectivity index (χ2v) is 8.91. The maximum absolute atomic E-state index is 12.3. The molecule has 0 aliphatic carbocycles. The molecular weight excluding hydrogens is 470 g/mol. The summed E-state index contributed by atoms with van der Waals surface area (Å²) in [5.41, 5.74) is 3.54. The number of hydrogen-bond donors (Lipinski definition) is 2. The Hall–Kier alpha value is -2.73. The van der Waals surface area contributed by atoms with Crippen LogP contribution in [-0.4, -0.2) is 60.9 Å². The van der Waals surface area contributed by atoms with E-state index in [4.69, 9.17) is 5.26 Å². The smallest absolute Gasteiger partial charge is 0.243 e. The monoisotopic (exact) mass is 497 g/mol. The van der Waals surface area contributed by atoms with Crippen molar-refractivity contribution in [2.24, 2.45) is 0 Å². The van der Waals surface area contributed by atoms with Gasteiger partial charge in [0.1, 0.15) is 0 Å². The molecule has 0 unspecified atom stereocenters. The van der Waals surface area contributed by atoms with Gasteiger partial charge in [-0.25, -0.2) is 0 Å². The van der Waals surface area contributed by atoms with Crippen molar-refractivity contribution in [3.63, 3.8) is 0 Å². The number of carbonyl (C=O) groups excluding carboxylic acids is 2. The molecular formula is C24H28BrN5O2. The maximum atomic E-state index is 12.3. The third-order valence-electron chi connectivity index (χ3n) is 5.45. The second kappa shape index (κ2) is 11.8. The Bertz CT molecular complexity index is 987. The van der Waals surface area contributed by atoms with Crippen LogP contribution in [0, 0.1) is 18.3 Å². The van der Waals surface area contributed by atoms with Gasteiger partial charge < -0.3 is 10.6 Å². The average Bonchev–Trinajstić information content (AvgIpc) is 3.00. The fourth-order valence-corrected chi connectivity index (χ4v) is 4.16.